The molecule has 1 heterocycles. The minimum Gasteiger partial charge on any atom is -0.399 e. The van der Waals surface area contributed by atoms with Gasteiger partial charge in [-0.3, -0.25) is 4.90 Å². The first-order valence-corrected chi connectivity index (χ1v) is 10.1. The van der Waals surface area contributed by atoms with Crippen molar-refractivity contribution in [2.45, 2.75) is 45.2 Å². The predicted octanol–water partition coefficient (Wildman–Crippen LogP) is 5.45. The number of benzene rings is 2. The summed E-state index contributed by atoms with van der Waals surface area (Å²) in [4.78, 5) is 7.97. The zero-order chi connectivity index (χ0) is 19.0. The lowest BCUT2D eigenvalue weighted by Crippen LogP contribution is -2.51. The molecule has 0 amide bonds. The molecule has 0 aromatic heterocycles. The molecule has 2 bridgehead atoms. The fourth-order valence-corrected chi connectivity index (χ4v) is 5.46. The number of hydrogen-bond donors (Lipinski definition) is 0. The van der Waals surface area contributed by atoms with Crippen molar-refractivity contribution in [3.05, 3.63) is 70.8 Å². The Morgan fingerprint density at radius 2 is 1.33 bits per heavy atom. The van der Waals surface area contributed by atoms with Crippen molar-refractivity contribution in [3.8, 4) is 0 Å². The summed E-state index contributed by atoms with van der Waals surface area (Å²) in [6.45, 7) is 4.46. The molecule has 2 fully saturated rings. The van der Waals surface area contributed by atoms with Crippen LogP contribution in [-0.2, 0) is 4.84 Å². The van der Waals surface area contributed by atoms with Gasteiger partial charge in [0.25, 0.3) is 0 Å². The van der Waals surface area contributed by atoms with Crippen LogP contribution < -0.4 is 0 Å². The molecule has 1 aliphatic heterocycles. The number of aryl methyl sites for hydroxylation is 2. The van der Waals surface area contributed by atoms with Crippen molar-refractivity contribution in [2.24, 2.45) is 17.0 Å². The van der Waals surface area contributed by atoms with Gasteiger partial charge in [-0.25, -0.2) is 0 Å². The Morgan fingerprint density at radius 1 is 0.852 bits per heavy atom. The van der Waals surface area contributed by atoms with Gasteiger partial charge in [-0.1, -0.05) is 60.1 Å². The number of hydrogen-bond acceptors (Lipinski definition) is 3. The third-order valence-corrected chi connectivity index (χ3v) is 6.64. The lowest BCUT2D eigenvalue weighted by atomic mass is 9.65. The Labute approximate surface area is 163 Å². The van der Waals surface area contributed by atoms with Crippen molar-refractivity contribution in [3.63, 3.8) is 0 Å². The van der Waals surface area contributed by atoms with Crippen LogP contribution in [0.1, 0.15) is 53.6 Å². The van der Waals surface area contributed by atoms with E-state index in [1.54, 1.807) is 7.11 Å². The number of nitrogens with zero attached hydrogens (tertiary/aromatic N) is 2. The normalized spacial score (nSPS) is 29.7. The average molecular weight is 363 g/mol. The van der Waals surface area contributed by atoms with Crippen molar-refractivity contribution < 1.29 is 4.84 Å². The molecule has 27 heavy (non-hydrogen) atoms. The van der Waals surface area contributed by atoms with E-state index in [9.17, 15) is 0 Å². The number of likely N-dealkylation sites (tertiary alicyclic amines) is 1. The fraction of sp³-hybridized carbons (Fsp3) is 0.458. The highest BCUT2D eigenvalue weighted by atomic mass is 16.6. The fourth-order valence-electron chi connectivity index (χ4n) is 5.46. The second-order valence-electron chi connectivity index (χ2n) is 8.11. The van der Waals surface area contributed by atoms with E-state index in [0.717, 1.165) is 0 Å². The van der Waals surface area contributed by atoms with Crippen LogP contribution in [0.3, 0.4) is 0 Å². The maximum Gasteiger partial charge on any atom is 0.106 e. The number of oxime groups is 1. The van der Waals surface area contributed by atoms with Gasteiger partial charge in [-0.05, 0) is 56.0 Å². The smallest absolute Gasteiger partial charge is 0.106 e. The molecule has 1 saturated carbocycles. The Balaban J connectivity index is 1.88. The van der Waals surface area contributed by atoms with Gasteiger partial charge in [-0.15, -0.1) is 0 Å². The molecule has 0 spiro atoms. The second kappa shape index (κ2) is 7.47. The molecule has 2 aromatic carbocycles. The van der Waals surface area contributed by atoms with Crippen molar-refractivity contribution in [1.29, 1.82) is 0 Å². The van der Waals surface area contributed by atoms with Crippen molar-refractivity contribution in [1.82, 2.24) is 4.90 Å². The SMILES string of the molecule is CON=C1[C@H]2CCC[C@@H]1[C@H](c1ccccc1C)N(C)[C@@H]2c1ccccc1C. The van der Waals surface area contributed by atoms with Gasteiger partial charge in [0.1, 0.15) is 7.11 Å². The van der Waals surface area contributed by atoms with Gasteiger partial charge in [0.15, 0.2) is 0 Å². The molecule has 0 N–H and O–H groups in total. The Bertz CT molecular complexity index is 780. The molecule has 2 aromatic rings. The number of piperidine rings is 1. The zero-order valence-corrected chi connectivity index (χ0v) is 16.9. The van der Waals surface area contributed by atoms with E-state index in [4.69, 9.17) is 4.84 Å². The summed E-state index contributed by atoms with van der Waals surface area (Å²) in [5.41, 5.74) is 6.83. The monoisotopic (exact) mass is 362 g/mol. The lowest BCUT2D eigenvalue weighted by molar-refractivity contribution is 0.0603. The highest BCUT2D eigenvalue weighted by Gasteiger charge is 2.49. The number of rotatable bonds is 3. The summed E-state index contributed by atoms with van der Waals surface area (Å²) in [5, 5.41) is 4.60. The zero-order valence-electron chi connectivity index (χ0n) is 16.9. The van der Waals surface area contributed by atoms with Gasteiger partial charge in [0, 0.05) is 23.9 Å². The molecule has 0 radical (unpaired) electrons. The molecule has 3 nitrogen and oxygen atoms in total. The van der Waals surface area contributed by atoms with E-state index < -0.39 is 0 Å². The largest absolute Gasteiger partial charge is 0.399 e. The lowest BCUT2D eigenvalue weighted by Gasteiger charge is -2.52. The van der Waals surface area contributed by atoms with E-state index >= 15 is 0 Å². The molecule has 2 aliphatic rings. The van der Waals surface area contributed by atoms with E-state index in [-0.39, 0.29) is 0 Å². The van der Waals surface area contributed by atoms with Crippen LogP contribution in [0.15, 0.2) is 53.7 Å². The maximum absolute atomic E-state index is 5.35. The van der Waals surface area contributed by atoms with Crippen LogP contribution in [0.4, 0.5) is 0 Å². The van der Waals surface area contributed by atoms with E-state index in [1.807, 2.05) is 0 Å². The van der Waals surface area contributed by atoms with Crippen molar-refractivity contribution >= 4 is 5.71 Å². The quantitative estimate of drug-likeness (QED) is 0.678. The van der Waals surface area contributed by atoms with Crippen LogP contribution in [0, 0.1) is 25.7 Å². The van der Waals surface area contributed by atoms with Crippen molar-refractivity contribution in [2.75, 3.05) is 14.2 Å². The Kier molecular flexibility index (Phi) is 5.05. The second-order valence-corrected chi connectivity index (χ2v) is 8.11. The molecular formula is C24H30N2O. The molecule has 1 aliphatic carbocycles. The topological polar surface area (TPSA) is 24.8 Å². The molecule has 1 saturated heterocycles. The maximum atomic E-state index is 5.35. The van der Waals surface area contributed by atoms with E-state index in [1.165, 1.54) is 47.2 Å². The first kappa shape index (κ1) is 18.2. The minimum atomic E-state index is 0.334. The first-order valence-electron chi connectivity index (χ1n) is 10.1. The average Bonchev–Trinajstić information content (AvgIpc) is 2.66. The summed E-state index contributed by atoms with van der Waals surface area (Å²) in [6, 6.07) is 18.3. The molecule has 4 rings (SSSR count). The predicted molar refractivity (Wildman–Crippen MR) is 111 cm³/mol. The van der Waals surface area contributed by atoms with Crippen LogP contribution in [0.25, 0.3) is 0 Å². The van der Waals surface area contributed by atoms with Gasteiger partial charge in [0.05, 0.1) is 5.71 Å². The van der Waals surface area contributed by atoms with Crippen LogP contribution in [0.5, 0.6) is 0 Å². The highest BCUT2D eigenvalue weighted by molar-refractivity contribution is 5.91. The molecule has 0 unspecified atom stereocenters. The summed E-state index contributed by atoms with van der Waals surface area (Å²) >= 11 is 0. The van der Waals surface area contributed by atoms with Gasteiger partial charge in [-0.2, -0.15) is 0 Å². The first-order chi connectivity index (χ1) is 13.1. The van der Waals surface area contributed by atoms with Gasteiger partial charge < -0.3 is 4.84 Å². The summed E-state index contributed by atoms with van der Waals surface area (Å²) < 4.78 is 0. The molecule has 3 heteroatoms. The number of fused-ring (bicyclic) bond motifs is 2. The summed E-state index contributed by atoms with van der Waals surface area (Å²) in [6.07, 6.45) is 3.63. The van der Waals surface area contributed by atoms with E-state index in [0.29, 0.717) is 23.9 Å². The third kappa shape index (κ3) is 3.08. The van der Waals surface area contributed by atoms with Gasteiger partial charge in [0.2, 0.25) is 0 Å². The summed E-state index contributed by atoms with van der Waals surface area (Å²) in [5.74, 6) is 0.852. The highest BCUT2D eigenvalue weighted by Crippen LogP contribution is 2.52. The summed E-state index contributed by atoms with van der Waals surface area (Å²) in [7, 11) is 4.00. The van der Waals surface area contributed by atoms with Crippen LogP contribution in [-0.4, -0.2) is 24.8 Å². The molecule has 4 atom stereocenters. The Morgan fingerprint density at radius 3 is 1.78 bits per heavy atom. The van der Waals surface area contributed by atoms with Crippen LogP contribution in [0.2, 0.25) is 0 Å². The molecule has 142 valence electrons. The van der Waals surface area contributed by atoms with Crippen LogP contribution >= 0.6 is 0 Å². The van der Waals surface area contributed by atoms with Gasteiger partial charge >= 0.3 is 0 Å². The molecular weight excluding hydrogens is 332 g/mol. The Hall–Kier alpha value is -2.13. The third-order valence-electron chi connectivity index (χ3n) is 6.64. The minimum absolute atomic E-state index is 0.334. The standard InChI is InChI=1S/C24H30N2O/c1-16-10-5-7-12-18(16)23-20-14-9-15-21(22(20)25-27-4)24(26(23)3)19-13-8-6-11-17(19)2/h5-8,10-13,20-21,23-24H,9,14-15H2,1-4H3/t20-,21+,23-,24+. The van der Waals surface area contributed by atoms with E-state index in [2.05, 4.69) is 79.5 Å².